The van der Waals surface area contributed by atoms with E-state index in [0.717, 1.165) is 22.3 Å². The van der Waals surface area contributed by atoms with E-state index in [4.69, 9.17) is 23.2 Å². The van der Waals surface area contributed by atoms with Crippen molar-refractivity contribution in [1.82, 2.24) is 0 Å². The Bertz CT molecular complexity index is 633. The molecule has 3 heteroatoms. The van der Waals surface area contributed by atoms with E-state index >= 15 is 0 Å². The predicted molar refractivity (Wildman–Crippen MR) is 85.7 cm³/mol. The van der Waals surface area contributed by atoms with Crippen LogP contribution in [-0.4, -0.2) is 5.11 Å². The van der Waals surface area contributed by atoms with Crippen LogP contribution in [0, 0.1) is 13.8 Å². The van der Waals surface area contributed by atoms with Crippen LogP contribution in [0.2, 0.25) is 10.0 Å². The maximum atomic E-state index is 10.8. The number of halogens is 2. The first-order valence-corrected chi connectivity index (χ1v) is 7.29. The van der Waals surface area contributed by atoms with Crippen LogP contribution in [-0.2, 0) is 12.0 Å². The van der Waals surface area contributed by atoms with Gasteiger partial charge in [0.15, 0.2) is 0 Å². The lowest BCUT2D eigenvalue weighted by atomic mass is 9.85. The Morgan fingerprint density at radius 2 is 1.75 bits per heavy atom. The molecule has 1 atom stereocenters. The third-order valence-corrected chi connectivity index (χ3v) is 4.11. The van der Waals surface area contributed by atoms with Crippen LogP contribution in [0.4, 0.5) is 0 Å². The van der Waals surface area contributed by atoms with Gasteiger partial charge < -0.3 is 5.11 Å². The Hall–Kier alpha value is -1.02. The van der Waals surface area contributed by atoms with E-state index in [9.17, 15) is 5.11 Å². The van der Waals surface area contributed by atoms with Crippen molar-refractivity contribution in [2.24, 2.45) is 0 Å². The van der Waals surface area contributed by atoms with Crippen molar-refractivity contribution in [2.75, 3.05) is 0 Å². The SMILES string of the molecule is Cc1ccc(C)c(C(C)(O)Cc2ccc(Cl)cc2Cl)c1. The molecule has 0 heterocycles. The molecular weight excluding hydrogens is 291 g/mol. The molecule has 20 heavy (non-hydrogen) atoms. The van der Waals surface area contributed by atoms with Gasteiger partial charge in [0.25, 0.3) is 0 Å². The van der Waals surface area contributed by atoms with Gasteiger partial charge in [-0.3, -0.25) is 0 Å². The Kier molecular flexibility index (Phi) is 4.43. The number of aliphatic hydroxyl groups is 1. The van der Waals surface area contributed by atoms with Crippen molar-refractivity contribution in [3.8, 4) is 0 Å². The lowest BCUT2D eigenvalue weighted by molar-refractivity contribution is 0.0569. The lowest BCUT2D eigenvalue weighted by Gasteiger charge is -2.27. The average molecular weight is 309 g/mol. The van der Waals surface area contributed by atoms with E-state index in [0.29, 0.717) is 16.5 Å². The van der Waals surface area contributed by atoms with Gasteiger partial charge in [0.05, 0.1) is 5.60 Å². The lowest BCUT2D eigenvalue weighted by Crippen LogP contribution is -2.25. The van der Waals surface area contributed by atoms with Gasteiger partial charge >= 0.3 is 0 Å². The zero-order chi connectivity index (χ0) is 14.9. The van der Waals surface area contributed by atoms with Crippen LogP contribution >= 0.6 is 23.2 Å². The predicted octanol–water partition coefficient (Wildman–Crippen LogP) is 5.06. The van der Waals surface area contributed by atoms with Gasteiger partial charge in [-0.05, 0) is 49.6 Å². The van der Waals surface area contributed by atoms with E-state index < -0.39 is 5.60 Å². The third kappa shape index (κ3) is 3.35. The molecule has 2 aromatic rings. The first kappa shape index (κ1) is 15.4. The molecule has 0 aliphatic rings. The Labute approximate surface area is 130 Å². The number of aryl methyl sites for hydroxylation is 2. The van der Waals surface area contributed by atoms with Crippen LogP contribution < -0.4 is 0 Å². The Morgan fingerprint density at radius 3 is 2.40 bits per heavy atom. The highest BCUT2D eigenvalue weighted by molar-refractivity contribution is 6.35. The van der Waals surface area contributed by atoms with E-state index in [1.165, 1.54) is 0 Å². The van der Waals surface area contributed by atoms with Crippen molar-refractivity contribution in [3.63, 3.8) is 0 Å². The Balaban J connectivity index is 2.37. The maximum absolute atomic E-state index is 10.8. The van der Waals surface area contributed by atoms with Gasteiger partial charge in [-0.15, -0.1) is 0 Å². The summed E-state index contributed by atoms with van der Waals surface area (Å²) in [6.07, 6.45) is 0.452. The zero-order valence-electron chi connectivity index (χ0n) is 11.9. The topological polar surface area (TPSA) is 20.2 Å². The summed E-state index contributed by atoms with van der Waals surface area (Å²) < 4.78 is 0. The van der Waals surface area contributed by atoms with Crippen molar-refractivity contribution in [1.29, 1.82) is 0 Å². The summed E-state index contributed by atoms with van der Waals surface area (Å²) in [5, 5.41) is 12.0. The van der Waals surface area contributed by atoms with E-state index in [-0.39, 0.29) is 0 Å². The summed E-state index contributed by atoms with van der Waals surface area (Å²) in [4.78, 5) is 0. The first-order chi connectivity index (χ1) is 9.29. The van der Waals surface area contributed by atoms with Gasteiger partial charge in [-0.1, -0.05) is 53.0 Å². The fraction of sp³-hybridized carbons (Fsp3) is 0.294. The molecule has 0 bridgehead atoms. The molecule has 2 rings (SSSR count). The molecule has 0 spiro atoms. The fourth-order valence-corrected chi connectivity index (χ4v) is 2.92. The molecule has 1 N–H and O–H groups in total. The number of hydrogen-bond donors (Lipinski definition) is 1. The summed E-state index contributed by atoms with van der Waals surface area (Å²) in [6.45, 7) is 5.85. The van der Waals surface area contributed by atoms with Crippen LogP contribution in [0.15, 0.2) is 36.4 Å². The highest BCUT2D eigenvalue weighted by Crippen LogP contribution is 2.32. The molecule has 0 aliphatic heterocycles. The van der Waals surface area contributed by atoms with E-state index in [1.54, 1.807) is 12.1 Å². The van der Waals surface area contributed by atoms with Gasteiger partial charge in [0.1, 0.15) is 0 Å². The van der Waals surface area contributed by atoms with Crippen LogP contribution in [0.1, 0.15) is 29.2 Å². The van der Waals surface area contributed by atoms with Crippen molar-refractivity contribution < 1.29 is 5.11 Å². The summed E-state index contributed by atoms with van der Waals surface area (Å²) in [6, 6.07) is 11.5. The molecule has 0 aromatic heterocycles. The first-order valence-electron chi connectivity index (χ1n) is 6.53. The fourth-order valence-electron chi connectivity index (χ4n) is 2.45. The second-order valence-corrected chi connectivity index (χ2v) is 6.35. The molecule has 2 aromatic carbocycles. The van der Waals surface area contributed by atoms with Crippen LogP contribution in [0.25, 0.3) is 0 Å². The van der Waals surface area contributed by atoms with E-state index in [1.807, 2.05) is 45.0 Å². The largest absolute Gasteiger partial charge is 0.385 e. The Morgan fingerprint density at radius 1 is 1.05 bits per heavy atom. The molecule has 106 valence electrons. The second kappa shape index (κ2) is 5.77. The normalized spacial score (nSPS) is 14.1. The molecule has 0 fully saturated rings. The molecule has 0 saturated heterocycles. The highest BCUT2D eigenvalue weighted by atomic mass is 35.5. The second-order valence-electron chi connectivity index (χ2n) is 5.50. The van der Waals surface area contributed by atoms with Crippen molar-refractivity contribution >= 4 is 23.2 Å². The molecule has 0 amide bonds. The van der Waals surface area contributed by atoms with Gasteiger partial charge in [-0.25, -0.2) is 0 Å². The minimum absolute atomic E-state index is 0.452. The molecule has 1 unspecified atom stereocenters. The van der Waals surface area contributed by atoms with Crippen molar-refractivity contribution in [2.45, 2.75) is 32.8 Å². The minimum atomic E-state index is -0.965. The summed E-state index contributed by atoms with van der Waals surface area (Å²) in [5.74, 6) is 0. The minimum Gasteiger partial charge on any atom is -0.385 e. The standard InChI is InChI=1S/C17H18Cl2O/c1-11-4-5-12(2)15(8-11)17(3,20)10-13-6-7-14(18)9-16(13)19/h4-9,20H,10H2,1-3H3. The van der Waals surface area contributed by atoms with Gasteiger partial charge in [0, 0.05) is 16.5 Å². The maximum Gasteiger partial charge on any atom is 0.0911 e. The quantitative estimate of drug-likeness (QED) is 0.840. The van der Waals surface area contributed by atoms with E-state index in [2.05, 4.69) is 0 Å². The molecule has 1 nitrogen and oxygen atoms in total. The smallest absolute Gasteiger partial charge is 0.0911 e. The average Bonchev–Trinajstić information content (AvgIpc) is 2.35. The van der Waals surface area contributed by atoms with Gasteiger partial charge in [-0.2, -0.15) is 0 Å². The molecule has 0 aliphatic carbocycles. The van der Waals surface area contributed by atoms with Crippen LogP contribution in [0.3, 0.4) is 0 Å². The summed E-state index contributed by atoms with van der Waals surface area (Å²) >= 11 is 12.1. The number of rotatable bonds is 3. The van der Waals surface area contributed by atoms with Crippen LogP contribution in [0.5, 0.6) is 0 Å². The number of benzene rings is 2. The van der Waals surface area contributed by atoms with Gasteiger partial charge in [0.2, 0.25) is 0 Å². The summed E-state index contributed by atoms with van der Waals surface area (Å²) in [7, 11) is 0. The zero-order valence-corrected chi connectivity index (χ0v) is 13.4. The molecule has 0 saturated carbocycles. The number of hydrogen-bond acceptors (Lipinski definition) is 1. The monoisotopic (exact) mass is 308 g/mol. The summed E-state index contributed by atoms with van der Waals surface area (Å²) in [5.41, 5.74) is 3.07. The molecular formula is C17H18Cl2O. The van der Waals surface area contributed by atoms with Crippen molar-refractivity contribution in [3.05, 3.63) is 68.7 Å². The third-order valence-electron chi connectivity index (χ3n) is 3.52. The molecule has 0 radical (unpaired) electrons. The highest BCUT2D eigenvalue weighted by Gasteiger charge is 2.26.